The van der Waals surface area contributed by atoms with E-state index in [1.165, 1.54) is 6.42 Å². The van der Waals surface area contributed by atoms with Gasteiger partial charge in [-0.1, -0.05) is 0 Å². The van der Waals surface area contributed by atoms with E-state index in [4.69, 9.17) is 0 Å². The van der Waals surface area contributed by atoms with Crippen LogP contribution < -0.4 is 0 Å². The van der Waals surface area contributed by atoms with E-state index in [1.807, 2.05) is 0 Å². The summed E-state index contributed by atoms with van der Waals surface area (Å²) in [6, 6.07) is 0. The Bertz CT molecular complexity index is 180. The lowest BCUT2D eigenvalue weighted by Crippen LogP contribution is -2.56. The van der Waals surface area contributed by atoms with Gasteiger partial charge in [0.05, 0.1) is 0 Å². The Kier molecular flexibility index (Phi) is 1.25. The first kappa shape index (κ1) is 7.34. The van der Waals surface area contributed by atoms with Crippen molar-refractivity contribution in [2.24, 2.45) is 17.8 Å². The van der Waals surface area contributed by atoms with E-state index >= 15 is 0 Å². The monoisotopic (exact) mass is 167 g/mol. The molecule has 0 saturated heterocycles. The summed E-state index contributed by atoms with van der Waals surface area (Å²) in [4.78, 5) is 0. The number of aliphatic hydroxyl groups is 2. The molecule has 0 amide bonds. The smallest absolute Gasteiger partial charge is 0.171 e. The van der Waals surface area contributed by atoms with Crippen molar-refractivity contribution < 1.29 is 10.2 Å². The van der Waals surface area contributed by atoms with Gasteiger partial charge in [0.15, 0.2) is 5.79 Å². The highest BCUT2D eigenvalue weighted by Crippen LogP contribution is 2.58. The first-order valence-corrected chi connectivity index (χ1v) is 4.96. The highest BCUT2D eigenvalue weighted by molar-refractivity contribution is 5.17. The van der Waals surface area contributed by atoms with Crippen molar-refractivity contribution in [1.29, 1.82) is 0 Å². The van der Waals surface area contributed by atoms with Gasteiger partial charge in [-0.2, -0.15) is 0 Å². The normalized spacial score (nSPS) is 50.0. The highest BCUT2D eigenvalue weighted by atomic mass is 16.5. The van der Waals surface area contributed by atoms with Crippen molar-refractivity contribution in [3.8, 4) is 0 Å². The van der Waals surface area contributed by atoms with Crippen molar-refractivity contribution in [2.45, 2.75) is 37.9 Å². The van der Waals surface area contributed by atoms with Crippen LogP contribution in [0.2, 0.25) is 0 Å². The maximum absolute atomic E-state index is 9.81. The predicted molar refractivity (Wildman–Crippen MR) is 44.0 cm³/mol. The number of hydrogen-bond donors (Lipinski definition) is 2. The number of hydrogen-bond acceptors (Lipinski definition) is 2. The Balaban J connectivity index is 1.96. The van der Waals surface area contributed by atoms with Crippen LogP contribution in [0.5, 0.6) is 0 Å². The van der Waals surface area contributed by atoms with Crippen LogP contribution in [-0.4, -0.2) is 16.0 Å². The molecule has 0 spiro atoms. The summed E-state index contributed by atoms with van der Waals surface area (Å²) >= 11 is 0. The fraction of sp³-hybridized carbons (Fsp3) is 0.900. The molecule has 0 aliphatic heterocycles. The molecule has 67 valence electrons. The first-order valence-electron chi connectivity index (χ1n) is 4.96. The molecule has 0 heterocycles. The first-order chi connectivity index (χ1) is 5.66. The van der Waals surface area contributed by atoms with E-state index in [9.17, 15) is 10.2 Å². The lowest BCUT2D eigenvalue weighted by atomic mass is 9.53. The molecule has 4 aliphatic rings. The molecule has 0 aromatic carbocycles. The summed E-state index contributed by atoms with van der Waals surface area (Å²) < 4.78 is 0. The van der Waals surface area contributed by atoms with Gasteiger partial charge in [-0.05, 0) is 43.9 Å². The van der Waals surface area contributed by atoms with Crippen molar-refractivity contribution in [1.82, 2.24) is 0 Å². The van der Waals surface area contributed by atoms with Gasteiger partial charge in [0.25, 0.3) is 0 Å². The van der Waals surface area contributed by atoms with Gasteiger partial charge in [-0.3, -0.25) is 0 Å². The van der Waals surface area contributed by atoms with Gasteiger partial charge in [-0.25, -0.2) is 0 Å². The second-order valence-corrected chi connectivity index (χ2v) is 4.87. The third-order valence-electron chi connectivity index (χ3n) is 4.06. The van der Waals surface area contributed by atoms with E-state index in [0.29, 0.717) is 0 Å². The molecule has 2 atom stereocenters. The summed E-state index contributed by atoms with van der Waals surface area (Å²) in [5.74, 6) is 1.38. The summed E-state index contributed by atoms with van der Waals surface area (Å²) in [7, 11) is 0. The Morgan fingerprint density at radius 3 is 2.08 bits per heavy atom. The molecule has 2 heteroatoms. The van der Waals surface area contributed by atoms with Crippen LogP contribution in [0.25, 0.3) is 0 Å². The van der Waals surface area contributed by atoms with Crippen molar-refractivity contribution in [3.63, 3.8) is 0 Å². The van der Waals surface area contributed by atoms with Gasteiger partial charge in [0, 0.05) is 11.8 Å². The van der Waals surface area contributed by atoms with Crippen LogP contribution in [0.15, 0.2) is 0 Å². The molecule has 2 nitrogen and oxygen atoms in total. The molecule has 4 bridgehead atoms. The van der Waals surface area contributed by atoms with Crippen LogP contribution >= 0.6 is 0 Å². The third kappa shape index (κ3) is 0.775. The van der Waals surface area contributed by atoms with Gasteiger partial charge in [0.1, 0.15) is 0 Å². The molecule has 4 fully saturated rings. The molecular weight excluding hydrogens is 152 g/mol. The highest BCUT2D eigenvalue weighted by Gasteiger charge is 2.56. The van der Waals surface area contributed by atoms with Crippen LogP contribution in [0, 0.1) is 23.7 Å². The largest absolute Gasteiger partial charge is 0.365 e. The Hall–Kier alpha value is -0.0800. The molecule has 4 aliphatic carbocycles. The standard InChI is InChI=1S/C10H15O2/c11-10(12)8-2-6-1-7(4-8)5-9(10)3-6/h6-8,11-12H,1-5H2. The summed E-state index contributed by atoms with van der Waals surface area (Å²) in [5, 5.41) is 19.6. The molecule has 4 saturated carbocycles. The van der Waals surface area contributed by atoms with E-state index in [2.05, 4.69) is 0 Å². The minimum absolute atomic E-state index is 0.166. The van der Waals surface area contributed by atoms with E-state index in [1.54, 1.807) is 0 Å². The Morgan fingerprint density at radius 1 is 1.00 bits per heavy atom. The predicted octanol–water partition coefficient (Wildman–Crippen LogP) is 1.08. The van der Waals surface area contributed by atoms with Gasteiger partial charge < -0.3 is 10.2 Å². The van der Waals surface area contributed by atoms with Crippen molar-refractivity contribution in [2.75, 3.05) is 0 Å². The topological polar surface area (TPSA) is 40.5 Å². The minimum Gasteiger partial charge on any atom is -0.365 e. The molecule has 0 aromatic heterocycles. The molecule has 2 unspecified atom stereocenters. The quantitative estimate of drug-likeness (QED) is 0.530. The second-order valence-electron chi connectivity index (χ2n) is 4.87. The third-order valence-corrected chi connectivity index (χ3v) is 4.06. The zero-order valence-corrected chi connectivity index (χ0v) is 7.16. The molecule has 4 rings (SSSR count). The maximum Gasteiger partial charge on any atom is 0.171 e. The maximum atomic E-state index is 9.81. The summed E-state index contributed by atoms with van der Waals surface area (Å²) in [5.41, 5.74) is 0. The fourth-order valence-corrected chi connectivity index (χ4v) is 3.60. The molecule has 2 N–H and O–H groups in total. The second kappa shape index (κ2) is 2.05. The number of rotatable bonds is 0. The SMILES string of the molecule is OC1(O)[C]2CC3CC(C2)CC1C3. The Labute approximate surface area is 72.6 Å². The Morgan fingerprint density at radius 2 is 1.58 bits per heavy atom. The van der Waals surface area contributed by atoms with E-state index in [0.717, 1.165) is 43.4 Å². The van der Waals surface area contributed by atoms with Crippen LogP contribution in [0.4, 0.5) is 0 Å². The van der Waals surface area contributed by atoms with Crippen molar-refractivity contribution >= 4 is 0 Å². The van der Waals surface area contributed by atoms with Crippen molar-refractivity contribution in [3.05, 3.63) is 5.92 Å². The fourth-order valence-electron chi connectivity index (χ4n) is 3.60. The lowest BCUT2D eigenvalue weighted by Gasteiger charge is -2.55. The summed E-state index contributed by atoms with van der Waals surface area (Å²) in [6.07, 6.45) is 5.41. The zero-order valence-electron chi connectivity index (χ0n) is 7.16. The summed E-state index contributed by atoms with van der Waals surface area (Å²) in [6.45, 7) is 0. The van der Waals surface area contributed by atoms with Crippen LogP contribution in [-0.2, 0) is 0 Å². The van der Waals surface area contributed by atoms with Gasteiger partial charge in [-0.15, -0.1) is 0 Å². The molecule has 0 aromatic rings. The van der Waals surface area contributed by atoms with Crippen LogP contribution in [0.1, 0.15) is 32.1 Å². The minimum atomic E-state index is -1.38. The van der Waals surface area contributed by atoms with Crippen LogP contribution in [0.3, 0.4) is 0 Å². The van der Waals surface area contributed by atoms with E-state index < -0.39 is 5.79 Å². The zero-order chi connectivity index (χ0) is 8.34. The average molecular weight is 167 g/mol. The molecule has 12 heavy (non-hydrogen) atoms. The van der Waals surface area contributed by atoms with Gasteiger partial charge in [0.2, 0.25) is 0 Å². The lowest BCUT2D eigenvalue weighted by molar-refractivity contribution is -0.237. The van der Waals surface area contributed by atoms with E-state index in [-0.39, 0.29) is 5.92 Å². The molecular formula is C10H15O2. The molecule has 1 radical (unpaired) electrons. The average Bonchev–Trinajstić information content (AvgIpc) is 1.99. The van der Waals surface area contributed by atoms with Gasteiger partial charge >= 0.3 is 0 Å².